The van der Waals surface area contributed by atoms with Crippen molar-refractivity contribution < 1.29 is 14.7 Å². The number of aliphatic carboxylic acids is 1. The summed E-state index contributed by atoms with van der Waals surface area (Å²) in [5.74, 6) is -0.485. The third-order valence-electron chi connectivity index (χ3n) is 5.27. The minimum atomic E-state index is -0.764. The number of hydrogen-bond acceptors (Lipinski definition) is 3. The summed E-state index contributed by atoms with van der Waals surface area (Å²) in [5.41, 5.74) is -0.218. The number of carboxylic acid groups (broad SMARTS) is 1. The van der Waals surface area contributed by atoms with Gasteiger partial charge in [-0.1, -0.05) is 6.92 Å². The van der Waals surface area contributed by atoms with Crippen LogP contribution in [0.3, 0.4) is 0 Å². The van der Waals surface area contributed by atoms with Crippen LogP contribution in [0, 0.1) is 5.41 Å². The van der Waals surface area contributed by atoms with E-state index in [1.54, 1.807) is 0 Å². The summed E-state index contributed by atoms with van der Waals surface area (Å²) >= 11 is 0. The van der Waals surface area contributed by atoms with E-state index in [0.717, 1.165) is 58.2 Å². The first-order valence-electron chi connectivity index (χ1n) is 8.32. The predicted molar refractivity (Wildman–Crippen MR) is 81.0 cm³/mol. The fourth-order valence-corrected chi connectivity index (χ4v) is 3.79. The van der Waals surface area contributed by atoms with Gasteiger partial charge in [-0.25, -0.2) is 0 Å². The molecule has 0 aromatic heterocycles. The molecule has 0 spiro atoms. The van der Waals surface area contributed by atoms with Crippen molar-refractivity contribution in [2.45, 2.75) is 64.3 Å². The molecule has 5 heteroatoms. The smallest absolute Gasteiger partial charge is 0.303 e. The van der Waals surface area contributed by atoms with E-state index in [0.29, 0.717) is 6.42 Å². The van der Waals surface area contributed by atoms with Crippen LogP contribution in [-0.4, -0.2) is 47.6 Å². The van der Waals surface area contributed by atoms with Crippen molar-refractivity contribution in [3.8, 4) is 0 Å². The number of carbonyl (C=O) groups excluding carboxylic acids is 1. The third kappa shape index (κ3) is 3.76. The Kier molecular flexibility index (Phi) is 5.62. The number of piperidine rings is 2. The van der Waals surface area contributed by atoms with Crippen LogP contribution in [0.2, 0.25) is 0 Å². The highest BCUT2D eigenvalue weighted by Gasteiger charge is 2.42. The van der Waals surface area contributed by atoms with Gasteiger partial charge in [-0.3, -0.25) is 9.59 Å². The lowest BCUT2D eigenvalue weighted by Gasteiger charge is -2.44. The molecule has 0 aromatic carbocycles. The van der Waals surface area contributed by atoms with E-state index in [1.807, 2.05) is 4.90 Å². The van der Waals surface area contributed by atoms with Gasteiger partial charge in [0.1, 0.15) is 0 Å². The van der Waals surface area contributed by atoms with E-state index in [2.05, 4.69) is 12.2 Å². The van der Waals surface area contributed by atoms with Gasteiger partial charge in [0.2, 0.25) is 5.91 Å². The van der Waals surface area contributed by atoms with Crippen LogP contribution in [0.15, 0.2) is 0 Å². The molecular formula is C16H28N2O3. The normalized spacial score (nSPS) is 25.6. The summed E-state index contributed by atoms with van der Waals surface area (Å²) in [6, 6.07) is 0.126. The molecule has 0 radical (unpaired) electrons. The summed E-state index contributed by atoms with van der Waals surface area (Å²) < 4.78 is 0. The fourth-order valence-electron chi connectivity index (χ4n) is 3.79. The van der Waals surface area contributed by atoms with Crippen LogP contribution in [0.5, 0.6) is 0 Å². The average molecular weight is 296 g/mol. The van der Waals surface area contributed by atoms with Gasteiger partial charge in [-0.05, 0) is 58.0 Å². The van der Waals surface area contributed by atoms with Gasteiger partial charge in [-0.15, -0.1) is 0 Å². The first-order valence-corrected chi connectivity index (χ1v) is 8.32. The van der Waals surface area contributed by atoms with Gasteiger partial charge in [0.05, 0.1) is 5.41 Å². The number of amides is 1. The minimum absolute atomic E-state index is 0.126. The third-order valence-corrected chi connectivity index (χ3v) is 5.27. The van der Waals surface area contributed by atoms with E-state index < -0.39 is 5.97 Å². The number of carbonyl (C=O) groups is 2. The largest absolute Gasteiger partial charge is 0.481 e. The molecule has 2 rings (SSSR count). The molecule has 120 valence electrons. The molecular weight excluding hydrogens is 268 g/mol. The molecule has 1 amide bonds. The highest BCUT2D eigenvalue weighted by molar-refractivity contribution is 5.83. The molecule has 1 unspecified atom stereocenters. The first kappa shape index (κ1) is 16.3. The zero-order chi connectivity index (χ0) is 15.3. The highest BCUT2D eigenvalue weighted by atomic mass is 16.4. The molecule has 0 aromatic rings. The average Bonchev–Trinajstić information content (AvgIpc) is 2.53. The second kappa shape index (κ2) is 7.25. The molecule has 2 heterocycles. The Bertz CT molecular complexity index is 378. The number of nitrogens with zero attached hydrogens (tertiary/aromatic N) is 1. The van der Waals surface area contributed by atoms with E-state index in [1.165, 1.54) is 0 Å². The fraction of sp³-hybridized carbons (Fsp3) is 0.875. The summed E-state index contributed by atoms with van der Waals surface area (Å²) in [5, 5.41) is 12.2. The maximum atomic E-state index is 13.1. The van der Waals surface area contributed by atoms with Gasteiger partial charge in [-0.2, -0.15) is 0 Å². The Morgan fingerprint density at radius 3 is 2.62 bits per heavy atom. The molecule has 2 fully saturated rings. The van der Waals surface area contributed by atoms with Crippen LogP contribution in [-0.2, 0) is 9.59 Å². The Hall–Kier alpha value is -1.10. The summed E-state index contributed by atoms with van der Waals surface area (Å²) in [7, 11) is 0. The molecule has 2 aliphatic rings. The van der Waals surface area contributed by atoms with E-state index in [-0.39, 0.29) is 23.8 Å². The molecule has 2 aliphatic heterocycles. The van der Waals surface area contributed by atoms with Crippen molar-refractivity contribution in [2.75, 3.05) is 19.6 Å². The summed E-state index contributed by atoms with van der Waals surface area (Å²) in [4.78, 5) is 26.0. The molecule has 5 nitrogen and oxygen atoms in total. The Balaban J connectivity index is 2.07. The van der Waals surface area contributed by atoms with Gasteiger partial charge in [0.25, 0.3) is 0 Å². The van der Waals surface area contributed by atoms with E-state index in [9.17, 15) is 9.59 Å². The van der Waals surface area contributed by atoms with Crippen LogP contribution < -0.4 is 5.32 Å². The summed E-state index contributed by atoms with van der Waals surface area (Å²) in [6.45, 7) is 4.73. The molecule has 1 atom stereocenters. The molecule has 21 heavy (non-hydrogen) atoms. The lowest BCUT2D eigenvalue weighted by molar-refractivity contribution is -0.149. The molecule has 2 N–H and O–H groups in total. The van der Waals surface area contributed by atoms with Crippen LogP contribution >= 0.6 is 0 Å². The highest BCUT2D eigenvalue weighted by Crippen LogP contribution is 2.37. The molecule has 0 aliphatic carbocycles. The zero-order valence-electron chi connectivity index (χ0n) is 13.1. The van der Waals surface area contributed by atoms with Crippen molar-refractivity contribution in [3.63, 3.8) is 0 Å². The van der Waals surface area contributed by atoms with Crippen molar-refractivity contribution in [3.05, 3.63) is 0 Å². The van der Waals surface area contributed by atoms with Crippen molar-refractivity contribution in [1.82, 2.24) is 10.2 Å². The zero-order valence-corrected chi connectivity index (χ0v) is 13.1. The molecule has 0 saturated carbocycles. The number of carboxylic acids is 1. The lowest BCUT2D eigenvalue weighted by Crippen LogP contribution is -2.53. The van der Waals surface area contributed by atoms with Gasteiger partial charge in [0.15, 0.2) is 0 Å². The van der Waals surface area contributed by atoms with Crippen LogP contribution in [0.4, 0.5) is 0 Å². The number of nitrogens with one attached hydrogen (secondary N) is 1. The molecule has 2 saturated heterocycles. The monoisotopic (exact) mass is 296 g/mol. The Labute approximate surface area is 127 Å². The Morgan fingerprint density at radius 2 is 2.00 bits per heavy atom. The second-order valence-electron chi connectivity index (χ2n) is 6.46. The SMILES string of the molecule is CCC1(C(=O)N2CCCCC2CCC(=O)O)CCNCC1. The predicted octanol–water partition coefficient (Wildman–Crippen LogP) is 2.01. The lowest BCUT2D eigenvalue weighted by atomic mass is 9.74. The van der Waals surface area contributed by atoms with Crippen molar-refractivity contribution in [1.29, 1.82) is 0 Å². The Morgan fingerprint density at radius 1 is 1.29 bits per heavy atom. The van der Waals surface area contributed by atoms with Crippen LogP contribution in [0.1, 0.15) is 58.3 Å². The van der Waals surface area contributed by atoms with Gasteiger partial charge >= 0.3 is 5.97 Å². The topological polar surface area (TPSA) is 69.6 Å². The molecule has 0 bridgehead atoms. The minimum Gasteiger partial charge on any atom is -0.481 e. The standard InChI is InChI=1S/C16H28N2O3/c1-2-16(8-10-17-11-9-16)15(21)18-12-4-3-5-13(18)6-7-14(19)20/h13,17H,2-12H2,1H3,(H,19,20). The number of likely N-dealkylation sites (tertiary alicyclic amines) is 1. The maximum absolute atomic E-state index is 13.1. The second-order valence-corrected chi connectivity index (χ2v) is 6.46. The van der Waals surface area contributed by atoms with Gasteiger partial charge in [0, 0.05) is 19.0 Å². The van der Waals surface area contributed by atoms with Gasteiger partial charge < -0.3 is 15.3 Å². The van der Waals surface area contributed by atoms with E-state index in [4.69, 9.17) is 5.11 Å². The first-order chi connectivity index (χ1) is 10.1. The van der Waals surface area contributed by atoms with Crippen molar-refractivity contribution in [2.24, 2.45) is 5.41 Å². The number of hydrogen-bond donors (Lipinski definition) is 2. The van der Waals surface area contributed by atoms with Crippen molar-refractivity contribution >= 4 is 11.9 Å². The number of rotatable bonds is 5. The quantitative estimate of drug-likeness (QED) is 0.814. The van der Waals surface area contributed by atoms with Crippen LogP contribution in [0.25, 0.3) is 0 Å². The summed E-state index contributed by atoms with van der Waals surface area (Å²) in [6.07, 6.45) is 6.57. The maximum Gasteiger partial charge on any atom is 0.303 e. The van der Waals surface area contributed by atoms with E-state index >= 15 is 0 Å².